The zero-order valence-electron chi connectivity index (χ0n) is 14.2. The molecule has 142 valence electrons. The number of thiocarbonyl (C=S) groups is 1. The van der Waals surface area contributed by atoms with Gasteiger partial charge in [-0.3, -0.25) is 14.5 Å². The van der Waals surface area contributed by atoms with Gasteiger partial charge in [0.25, 0.3) is 5.91 Å². The summed E-state index contributed by atoms with van der Waals surface area (Å²) in [6.45, 7) is -0.272. The van der Waals surface area contributed by atoms with Gasteiger partial charge < -0.3 is 10.4 Å². The molecule has 0 atom stereocenters. The van der Waals surface area contributed by atoms with E-state index >= 15 is 0 Å². The summed E-state index contributed by atoms with van der Waals surface area (Å²) in [6, 6.07) is 11.3. The number of rotatable bonds is 5. The highest BCUT2D eigenvalue weighted by atomic mass is 32.2. The van der Waals surface area contributed by atoms with E-state index in [9.17, 15) is 18.8 Å². The molecule has 1 saturated heterocycles. The number of nitrogens with zero attached hydrogens (tertiary/aromatic N) is 1. The van der Waals surface area contributed by atoms with Crippen LogP contribution in [0.1, 0.15) is 15.9 Å². The fraction of sp³-hybridized carbons (Fsp3) is 0.0526. The molecule has 0 spiro atoms. The van der Waals surface area contributed by atoms with Crippen molar-refractivity contribution in [3.05, 3.63) is 70.4 Å². The predicted molar refractivity (Wildman–Crippen MR) is 108 cm³/mol. The summed E-state index contributed by atoms with van der Waals surface area (Å²) in [5.74, 6) is -2.32. The number of hydrogen-bond donors (Lipinski definition) is 2. The number of halogens is 1. The second-order valence-corrected chi connectivity index (χ2v) is 7.43. The van der Waals surface area contributed by atoms with Crippen molar-refractivity contribution >= 4 is 57.8 Å². The number of amides is 2. The Labute approximate surface area is 169 Å². The summed E-state index contributed by atoms with van der Waals surface area (Å²) >= 11 is 6.25. The first-order valence-electron chi connectivity index (χ1n) is 7.97. The molecule has 9 heteroatoms. The lowest BCUT2D eigenvalue weighted by molar-refractivity contribution is -0.126. The molecule has 0 aromatic heterocycles. The number of benzene rings is 2. The molecule has 2 N–H and O–H groups in total. The van der Waals surface area contributed by atoms with Crippen LogP contribution in [0, 0.1) is 5.82 Å². The van der Waals surface area contributed by atoms with Crippen LogP contribution in [0.4, 0.5) is 10.1 Å². The first-order valence-corrected chi connectivity index (χ1v) is 9.20. The van der Waals surface area contributed by atoms with Gasteiger partial charge in [0, 0.05) is 5.69 Å². The number of carbonyl (C=O) groups excluding carboxylic acids is 2. The van der Waals surface area contributed by atoms with Crippen molar-refractivity contribution in [2.45, 2.75) is 0 Å². The molecule has 0 unspecified atom stereocenters. The van der Waals surface area contributed by atoms with Gasteiger partial charge >= 0.3 is 5.97 Å². The van der Waals surface area contributed by atoms with Crippen LogP contribution in [0.25, 0.3) is 6.08 Å². The highest BCUT2D eigenvalue weighted by Crippen LogP contribution is 2.32. The Morgan fingerprint density at radius 3 is 2.39 bits per heavy atom. The maximum absolute atomic E-state index is 13.0. The van der Waals surface area contributed by atoms with Gasteiger partial charge in [-0.05, 0) is 48.0 Å². The van der Waals surface area contributed by atoms with Crippen LogP contribution in [0.2, 0.25) is 0 Å². The topological polar surface area (TPSA) is 86.7 Å². The summed E-state index contributed by atoms with van der Waals surface area (Å²) < 4.78 is 13.2. The average Bonchev–Trinajstić information content (AvgIpc) is 2.91. The normalized spacial score (nSPS) is 15.2. The zero-order chi connectivity index (χ0) is 20.3. The molecule has 0 aliphatic carbocycles. The lowest BCUT2D eigenvalue weighted by atomic mass is 10.2. The van der Waals surface area contributed by atoms with Gasteiger partial charge in [-0.15, -0.1) is 0 Å². The number of carboxylic acid groups (broad SMARTS) is 1. The highest BCUT2D eigenvalue weighted by Gasteiger charge is 2.33. The summed E-state index contributed by atoms with van der Waals surface area (Å²) in [6.07, 6.45) is 1.58. The molecule has 28 heavy (non-hydrogen) atoms. The predicted octanol–water partition coefficient (Wildman–Crippen LogP) is 3.36. The molecule has 0 radical (unpaired) electrons. The fourth-order valence-electron chi connectivity index (χ4n) is 2.39. The van der Waals surface area contributed by atoms with Gasteiger partial charge in [-0.1, -0.05) is 36.1 Å². The van der Waals surface area contributed by atoms with Crippen LogP contribution in [-0.4, -0.2) is 38.7 Å². The quantitative estimate of drug-likeness (QED) is 0.574. The van der Waals surface area contributed by atoms with Crippen molar-refractivity contribution in [2.24, 2.45) is 0 Å². The van der Waals surface area contributed by atoms with Crippen molar-refractivity contribution in [3.8, 4) is 0 Å². The molecule has 2 aromatic rings. The van der Waals surface area contributed by atoms with Gasteiger partial charge in [0.1, 0.15) is 16.7 Å². The molecule has 6 nitrogen and oxygen atoms in total. The molecule has 1 heterocycles. The minimum Gasteiger partial charge on any atom is -0.478 e. The maximum atomic E-state index is 13.0. The third-order valence-electron chi connectivity index (χ3n) is 3.76. The lowest BCUT2D eigenvalue weighted by Crippen LogP contribution is -2.36. The summed E-state index contributed by atoms with van der Waals surface area (Å²) in [5.41, 5.74) is 1.15. The van der Waals surface area contributed by atoms with E-state index in [0.717, 1.165) is 11.8 Å². The van der Waals surface area contributed by atoms with Gasteiger partial charge in [0.15, 0.2) is 0 Å². The highest BCUT2D eigenvalue weighted by molar-refractivity contribution is 8.26. The number of thioether (sulfide) groups is 1. The van der Waals surface area contributed by atoms with E-state index < -0.39 is 17.8 Å². The molecule has 2 amide bonds. The molecule has 0 bridgehead atoms. The molecule has 1 aliphatic rings. The van der Waals surface area contributed by atoms with E-state index in [-0.39, 0.29) is 22.2 Å². The Balaban J connectivity index is 1.65. The van der Waals surface area contributed by atoms with Crippen molar-refractivity contribution in [2.75, 3.05) is 11.9 Å². The fourth-order valence-corrected chi connectivity index (χ4v) is 3.64. The smallest absolute Gasteiger partial charge is 0.335 e. The Morgan fingerprint density at radius 1 is 1.14 bits per heavy atom. The Hall–Kier alpha value is -3.04. The Kier molecular flexibility index (Phi) is 5.86. The molecule has 2 aromatic carbocycles. The average molecular weight is 416 g/mol. The number of nitrogens with one attached hydrogen (secondary N) is 1. The minimum atomic E-state index is -1.07. The molecule has 0 saturated carbocycles. The number of hydrogen-bond acceptors (Lipinski definition) is 5. The summed E-state index contributed by atoms with van der Waals surface area (Å²) in [5, 5.41) is 11.5. The molecular formula is C19H13FN2O4S2. The van der Waals surface area contributed by atoms with E-state index in [1.807, 2.05) is 0 Å². The van der Waals surface area contributed by atoms with Gasteiger partial charge in [0.2, 0.25) is 5.91 Å². The van der Waals surface area contributed by atoms with Crippen LogP contribution < -0.4 is 5.32 Å². The van der Waals surface area contributed by atoms with E-state index in [4.69, 9.17) is 17.3 Å². The summed E-state index contributed by atoms with van der Waals surface area (Å²) in [4.78, 5) is 37.1. The SMILES string of the molecule is O=C(CN1C(=O)/C(=C/c2ccc(F)cc2)SC1=S)Nc1ccc(C(=O)O)cc1. The monoisotopic (exact) mass is 416 g/mol. The maximum Gasteiger partial charge on any atom is 0.335 e. The van der Waals surface area contributed by atoms with E-state index in [1.54, 1.807) is 6.08 Å². The second kappa shape index (κ2) is 8.32. The van der Waals surface area contributed by atoms with Gasteiger partial charge in [-0.2, -0.15) is 0 Å². The van der Waals surface area contributed by atoms with Crippen LogP contribution in [-0.2, 0) is 9.59 Å². The van der Waals surface area contributed by atoms with Gasteiger partial charge in [-0.25, -0.2) is 9.18 Å². The third-order valence-corrected chi connectivity index (χ3v) is 5.14. The van der Waals surface area contributed by atoms with E-state index in [1.165, 1.54) is 53.4 Å². The van der Waals surface area contributed by atoms with Gasteiger partial charge in [0.05, 0.1) is 10.5 Å². The molecular weight excluding hydrogens is 403 g/mol. The van der Waals surface area contributed by atoms with Crippen molar-refractivity contribution in [1.82, 2.24) is 4.90 Å². The zero-order valence-corrected chi connectivity index (χ0v) is 15.8. The number of carbonyl (C=O) groups is 3. The van der Waals surface area contributed by atoms with Crippen molar-refractivity contribution < 1.29 is 23.9 Å². The first kappa shape index (κ1) is 19.7. The van der Waals surface area contributed by atoms with Crippen molar-refractivity contribution in [3.63, 3.8) is 0 Å². The van der Waals surface area contributed by atoms with Crippen LogP contribution >= 0.6 is 24.0 Å². The molecule has 1 aliphatic heterocycles. The van der Waals surface area contributed by atoms with Crippen LogP contribution in [0.5, 0.6) is 0 Å². The largest absolute Gasteiger partial charge is 0.478 e. The first-order chi connectivity index (χ1) is 13.3. The van der Waals surface area contributed by atoms with Crippen LogP contribution in [0.15, 0.2) is 53.4 Å². The third kappa shape index (κ3) is 4.62. The second-order valence-electron chi connectivity index (χ2n) is 5.75. The van der Waals surface area contributed by atoms with E-state index in [0.29, 0.717) is 16.2 Å². The number of carboxylic acids is 1. The van der Waals surface area contributed by atoms with Crippen molar-refractivity contribution in [1.29, 1.82) is 0 Å². The Bertz CT molecular complexity index is 988. The summed E-state index contributed by atoms with van der Waals surface area (Å²) in [7, 11) is 0. The van der Waals surface area contributed by atoms with E-state index in [2.05, 4.69) is 5.32 Å². The molecule has 3 rings (SSSR count). The Morgan fingerprint density at radius 2 is 1.79 bits per heavy atom. The minimum absolute atomic E-state index is 0.0980. The standard InChI is InChI=1S/C19H13FN2O4S2/c20-13-5-1-11(2-6-13)9-15-17(24)22(19(27)28-15)10-16(23)21-14-7-3-12(4-8-14)18(25)26/h1-9H,10H2,(H,21,23)(H,25,26)/b15-9-. The number of aromatic carboxylic acids is 1. The molecule has 1 fully saturated rings. The lowest BCUT2D eigenvalue weighted by Gasteiger charge is -2.14. The van der Waals surface area contributed by atoms with Crippen LogP contribution in [0.3, 0.4) is 0 Å². The number of anilines is 1.